The highest BCUT2D eigenvalue weighted by molar-refractivity contribution is 5.83. The van der Waals surface area contributed by atoms with Gasteiger partial charge in [-0.05, 0) is 35.6 Å². The van der Waals surface area contributed by atoms with E-state index < -0.39 is 12.4 Å². The first-order valence-corrected chi connectivity index (χ1v) is 8.19. The molecule has 7 heteroatoms. The van der Waals surface area contributed by atoms with E-state index >= 15 is 0 Å². The van der Waals surface area contributed by atoms with E-state index in [0.29, 0.717) is 5.56 Å². The summed E-state index contributed by atoms with van der Waals surface area (Å²) in [6.07, 6.45) is -4.02. The van der Waals surface area contributed by atoms with Crippen LogP contribution in [-0.4, -0.2) is 24.0 Å². The lowest BCUT2D eigenvalue weighted by Crippen LogP contribution is -2.32. The van der Waals surface area contributed by atoms with Gasteiger partial charge in [-0.1, -0.05) is 42.5 Å². The van der Waals surface area contributed by atoms with Gasteiger partial charge in [-0.2, -0.15) is 0 Å². The van der Waals surface area contributed by atoms with E-state index in [1.807, 2.05) is 30.3 Å². The molecule has 2 N–H and O–H groups in total. The van der Waals surface area contributed by atoms with Crippen LogP contribution < -0.4 is 10.1 Å². The van der Waals surface area contributed by atoms with E-state index in [4.69, 9.17) is 0 Å². The van der Waals surface area contributed by atoms with E-state index in [-0.39, 0.29) is 30.1 Å². The Balaban J connectivity index is 1.60. The predicted molar refractivity (Wildman–Crippen MR) is 88.4 cm³/mol. The van der Waals surface area contributed by atoms with Gasteiger partial charge in [0.05, 0.1) is 12.6 Å². The molecule has 1 fully saturated rings. The molecule has 1 aliphatic carbocycles. The molecule has 0 radical (unpaired) electrons. The van der Waals surface area contributed by atoms with Gasteiger partial charge in [0.1, 0.15) is 5.75 Å². The Morgan fingerprint density at radius 3 is 2.38 bits per heavy atom. The van der Waals surface area contributed by atoms with Gasteiger partial charge in [0.25, 0.3) is 0 Å². The number of halogens is 3. The third-order valence-corrected chi connectivity index (χ3v) is 4.37. The van der Waals surface area contributed by atoms with Crippen molar-refractivity contribution in [1.82, 2.24) is 5.32 Å². The largest absolute Gasteiger partial charge is 0.573 e. The van der Waals surface area contributed by atoms with Crippen LogP contribution in [0.25, 0.3) is 0 Å². The summed E-state index contributed by atoms with van der Waals surface area (Å²) in [7, 11) is 0. The van der Waals surface area contributed by atoms with Crippen molar-refractivity contribution in [1.29, 1.82) is 0 Å². The fraction of sp³-hybridized carbons (Fsp3) is 0.316. The molecule has 2 aromatic rings. The number of ether oxygens (including phenoxy) is 1. The van der Waals surface area contributed by atoms with Crippen LogP contribution in [0.2, 0.25) is 0 Å². The zero-order valence-corrected chi connectivity index (χ0v) is 13.7. The second-order valence-electron chi connectivity index (χ2n) is 6.22. The number of hydrogen-bond acceptors (Lipinski definition) is 3. The van der Waals surface area contributed by atoms with Crippen LogP contribution >= 0.6 is 0 Å². The zero-order chi connectivity index (χ0) is 18.7. The summed E-state index contributed by atoms with van der Waals surface area (Å²) in [5, 5.41) is 12.3. The fourth-order valence-electron chi connectivity index (χ4n) is 2.97. The first-order valence-electron chi connectivity index (χ1n) is 8.19. The maximum atomic E-state index is 12.4. The molecule has 0 unspecified atom stereocenters. The number of nitrogens with one attached hydrogen (secondary N) is 1. The summed E-state index contributed by atoms with van der Waals surface area (Å²) in [5.74, 6) is -0.512. The highest BCUT2D eigenvalue weighted by Crippen LogP contribution is 2.47. The lowest BCUT2D eigenvalue weighted by Gasteiger charge is -2.17. The molecule has 4 nitrogen and oxygen atoms in total. The predicted octanol–water partition coefficient (Wildman–Crippen LogP) is 3.54. The molecule has 3 rings (SSSR count). The minimum Gasteiger partial charge on any atom is -0.406 e. The van der Waals surface area contributed by atoms with Gasteiger partial charge in [0.15, 0.2) is 0 Å². The summed E-state index contributed by atoms with van der Waals surface area (Å²) in [6, 6.07) is 14.1. The lowest BCUT2D eigenvalue weighted by molar-refractivity contribution is -0.274. The van der Waals surface area contributed by atoms with Gasteiger partial charge in [-0.3, -0.25) is 4.79 Å². The van der Waals surface area contributed by atoms with Gasteiger partial charge >= 0.3 is 6.36 Å². The number of amides is 1. The molecule has 3 atom stereocenters. The Bertz CT molecular complexity index is 747. The van der Waals surface area contributed by atoms with Crippen LogP contribution in [0, 0.1) is 5.92 Å². The molecule has 0 spiro atoms. The highest BCUT2D eigenvalue weighted by atomic mass is 19.4. The Morgan fingerprint density at radius 2 is 1.81 bits per heavy atom. The maximum Gasteiger partial charge on any atom is 0.573 e. The molecular weight excluding hydrogens is 347 g/mol. The number of rotatable bonds is 6. The van der Waals surface area contributed by atoms with Crippen molar-refractivity contribution in [2.75, 3.05) is 6.61 Å². The molecule has 0 bridgehead atoms. The number of benzene rings is 2. The number of aliphatic hydroxyl groups is 1. The van der Waals surface area contributed by atoms with Crippen LogP contribution in [0.5, 0.6) is 5.75 Å². The van der Waals surface area contributed by atoms with Crippen LogP contribution in [0.15, 0.2) is 54.6 Å². The first kappa shape index (κ1) is 18.3. The standard InChI is InChI=1S/C19H18F3NO3/c20-19(21,22)26-14-8-6-13(7-9-14)17(11-24)23-18(25)16-10-15(16)12-4-2-1-3-5-12/h1-9,15-17,24H,10-11H2,(H,23,25)/t15-,16+,17+/m1/s1. The average molecular weight is 365 g/mol. The molecule has 2 aromatic carbocycles. The fourth-order valence-corrected chi connectivity index (χ4v) is 2.97. The molecule has 1 amide bonds. The van der Waals surface area contributed by atoms with Crippen LogP contribution in [0.4, 0.5) is 13.2 Å². The van der Waals surface area contributed by atoms with E-state index in [1.165, 1.54) is 12.1 Å². The van der Waals surface area contributed by atoms with Gasteiger partial charge in [-0.25, -0.2) is 0 Å². The average Bonchev–Trinajstić information content (AvgIpc) is 3.41. The van der Waals surface area contributed by atoms with Crippen LogP contribution in [0.1, 0.15) is 29.5 Å². The van der Waals surface area contributed by atoms with Gasteiger partial charge in [-0.15, -0.1) is 13.2 Å². The Hall–Kier alpha value is -2.54. The lowest BCUT2D eigenvalue weighted by atomic mass is 10.1. The Labute approximate surface area is 148 Å². The van der Waals surface area contributed by atoms with E-state index in [9.17, 15) is 23.1 Å². The number of carbonyl (C=O) groups is 1. The number of carbonyl (C=O) groups excluding carboxylic acids is 1. The van der Waals surface area contributed by atoms with Crippen molar-refractivity contribution in [3.05, 3.63) is 65.7 Å². The normalized spacial score (nSPS) is 20.3. The zero-order valence-electron chi connectivity index (χ0n) is 13.7. The summed E-state index contributed by atoms with van der Waals surface area (Å²) >= 11 is 0. The molecule has 1 aliphatic rings. The summed E-state index contributed by atoms with van der Waals surface area (Å²) in [5.41, 5.74) is 1.61. The maximum absolute atomic E-state index is 12.4. The summed E-state index contributed by atoms with van der Waals surface area (Å²) in [6.45, 7) is -0.353. The van der Waals surface area contributed by atoms with Gasteiger partial charge in [0.2, 0.25) is 5.91 Å². The van der Waals surface area contributed by atoms with Crippen molar-refractivity contribution in [3.63, 3.8) is 0 Å². The highest BCUT2D eigenvalue weighted by Gasteiger charge is 2.44. The van der Waals surface area contributed by atoms with Crippen molar-refractivity contribution in [2.45, 2.75) is 24.7 Å². The summed E-state index contributed by atoms with van der Waals surface area (Å²) < 4.78 is 40.4. The minimum atomic E-state index is -4.76. The summed E-state index contributed by atoms with van der Waals surface area (Å²) in [4.78, 5) is 12.4. The monoisotopic (exact) mass is 365 g/mol. The van der Waals surface area contributed by atoms with E-state index in [0.717, 1.165) is 24.1 Å². The molecule has 1 saturated carbocycles. The van der Waals surface area contributed by atoms with E-state index in [2.05, 4.69) is 10.1 Å². The number of hydrogen-bond donors (Lipinski definition) is 2. The number of alkyl halides is 3. The topological polar surface area (TPSA) is 58.6 Å². The molecule has 0 aromatic heterocycles. The van der Waals surface area contributed by atoms with Crippen LogP contribution in [-0.2, 0) is 4.79 Å². The van der Waals surface area contributed by atoms with Crippen molar-refractivity contribution in [2.24, 2.45) is 5.92 Å². The number of aliphatic hydroxyl groups excluding tert-OH is 1. The quantitative estimate of drug-likeness (QED) is 0.823. The third-order valence-electron chi connectivity index (χ3n) is 4.37. The van der Waals surface area contributed by atoms with E-state index in [1.54, 1.807) is 0 Å². The smallest absolute Gasteiger partial charge is 0.406 e. The molecule has 0 heterocycles. The first-order chi connectivity index (χ1) is 12.4. The molecule has 0 saturated heterocycles. The second-order valence-corrected chi connectivity index (χ2v) is 6.22. The van der Waals surface area contributed by atoms with Crippen LogP contribution in [0.3, 0.4) is 0 Å². The minimum absolute atomic E-state index is 0.153. The second kappa shape index (κ2) is 7.37. The van der Waals surface area contributed by atoms with Crippen molar-refractivity contribution < 1.29 is 27.8 Å². The molecule has 26 heavy (non-hydrogen) atoms. The SMILES string of the molecule is O=C(N[C@@H](CO)c1ccc(OC(F)(F)F)cc1)[C@H]1C[C@@H]1c1ccccc1. The molecular formula is C19H18F3NO3. The van der Waals surface area contributed by atoms with Gasteiger partial charge < -0.3 is 15.2 Å². The van der Waals surface area contributed by atoms with Crippen molar-refractivity contribution in [3.8, 4) is 5.75 Å². The molecule has 0 aliphatic heterocycles. The Morgan fingerprint density at radius 1 is 1.15 bits per heavy atom. The third kappa shape index (κ3) is 4.54. The van der Waals surface area contributed by atoms with Gasteiger partial charge in [0, 0.05) is 5.92 Å². The Kier molecular flexibility index (Phi) is 5.18. The molecule has 138 valence electrons. The van der Waals surface area contributed by atoms with Crippen molar-refractivity contribution >= 4 is 5.91 Å².